The maximum absolute atomic E-state index is 12.7. The van der Waals surface area contributed by atoms with Gasteiger partial charge in [0.15, 0.2) is 9.84 Å². The summed E-state index contributed by atoms with van der Waals surface area (Å²) in [6.07, 6.45) is 2.08. The number of rotatable bonds is 4. The molecule has 2 heterocycles. The fraction of sp³-hybridized carbons (Fsp3) is 0.353. The van der Waals surface area contributed by atoms with Crippen molar-refractivity contribution in [3.63, 3.8) is 0 Å². The quantitative estimate of drug-likeness (QED) is 0.566. The highest BCUT2D eigenvalue weighted by Crippen LogP contribution is 2.34. The van der Waals surface area contributed by atoms with Crippen LogP contribution in [0.15, 0.2) is 29.2 Å². The Hall–Kier alpha value is -1.42. The smallest absolute Gasteiger partial charge is 0.266 e. The van der Waals surface area contributed by atoms with Crippen molar-refractivity contribution in [3.8, 4) is 0 Å². The molecule has 0 aromatic heterocycles. The third kappa shape index (κ3) is 4.71. The third-order valence-electron chi connectivity index (χ3n) is 4.34. The molecule has 0 spiro atoms. The van der Waals surface area contributed by atoms with Crippen LogP contribution in [0.25, 0.3) is 6.08 Å². The van der Waals surface area contributed by atoms with E-state index in [1.165, 1.54) is 4.90 Å². The van der Waals surface area contributed by atoms with Crippen LogP contribution in [0.3, 0.4) is 0 Å². The normalized spacial score (nSPS) is 24.4. The number of benzene rings is 1. The van der Waals surface area contributed by atoms with Crippen LogP contribution in [0.2, 0.25) is 5.02 Å². The average Bonchev–Trinajstić information content (AvgIpc) is 3.07. The van der Waals surface area contributed by atoms with Crippen molar-refractivity contribution in [2.75, 3.05) is 11.5 Å². The van der Waals surface area contributed by atoms with Gasteiger partial charge in [-0.15, -0.1) is 0 Å². The van der Waals surface area contributed by atoms with E-state index >= 15 is 0 Å². The monoisotopic (exact) mass is 444 g/mol. The number of amides is 2. The summed E-state index contributed by atoms with van der Waals surface area (Å²) in [5.74, 6) is -0.764. The van der Waals surface area contributed by atoms with Crippen LogP contribution in [0.5, 0.6) is 0 Å². The van der Waals surface area contributed by atoms with Crippen LogP contribution in [0.1, 0.15) is 18.9 Å². The zero-order chi connectivity index (χ0) is 19.8. The van der Waals surface area contributed by atoms with Gasteiger partial charge < -0.3 is 5.32 Å². The van der Waals surface area contributed by atoms with Gasteiger partial charge in [0.1, 0.15) is 10.4 Å². The number of carbonyl (C=O) groups excluding carboxylic acids is 2. The lowest BCUT2D eigenvalue weighted by Crippen LogP contribution is -2.50. The van der Waals surface area contributed by atoms with Gasteiger partial charge >= 0.3 is 0 Å². The lowest BCUT2D eigenvalue weighted by Gasteiger charge is -2.23. The second kappa shape index (κ2) is 7.90. The molecular formula is C17H17ClN2O4S3. The minimum Gasteiger partial charge on any atom is -0.351 e. The van der Waals surface area contributed by atoms with Crippen LogP contribution < -0.4 is 5.32 Å². The average molecular weight is 445 g/mol. The summed E-state index contributed by atoms with van der Waals surface area (Å²) in [5, 5.41) is 3.30. The molecule has 0 unspecified atom stereocenters. The second-order valence-corrected chi connectivity index (χ2v) is 10.7. The van der Waals surface area contributed by atoms with Crippen molar-refractivity contribution >= 4 is 67.6 Å². The van der Waals surface area contributed by atoms with Crippen LogP contribution >= 0.6 is 35.6 Å². The van der Waals surface area contributed by atoms with Crippen LogP contribution in [-0.4, -0.2) is 53.0 Å². The Labute approximate surface area is 172 Å². The van der Waals surface area contributed by atoms with E-state index in [0.717, 1.165) is 17.3 Å². The SMILES string of the molecule is C[C@@H](C(=O)N[C@H]1CCS(=O)(=O)C1)N1C(=O)/C(=C/c2ccc(Cl)cc2)SC1=S. The maximum atomic E-state index is 12.7. The molecule has 3 rings (SSSR count). The molecule has 6 nitrogen and oxygen atoms in total. The zero-order valence-electron chi connectivity index (χ0n) is 14.3. The fourth-order valence-corrected chi connectivity index (χ4v) is 6.09. The molecule has 10 heteroatoms. The Morgan fingerprint density at radius 1 is 1.41 bits per heavy atom. The summed E-state index contributed by atoms with van der Waals surface area (Å²) < 4.78 is 23.4. The number of hydrogen-bond acceptors (Lipinski definition) is 6. The Morgan fingerprint density at radius 2 is 2.07 bits per heavy atom. The Balaban J connectivity index is 1.70. The molecule has 0 saturated carbocycles. The topological polar surface area (TPSA) is 83.6 Å². The van der Waals surface area contributed by atoms with E-state index in [0.29, 0.717) is 20.7 Å². The highest BCUT2D eigenvalue weighted by Gasteiger charge is 2.39. The van der Waals surface area contributed by atoms with Crippen LogP contribution in [-0.2, 0) is 19.4 Å². The number of halogens is 1. The summed E-state index contributed by atoms with van der Waals surface area (Å²) in [6.45, 7) is 1.58. The predicted molar refractivity (Wildman–Crippen MR) is 111 cm³/mol. The zero-order valence-corrected chi connectivity index (χ0v) is 17.6. The molecule has 1 aromatic rings. The number of sulfone groups is 1. The molecule has 27 heavy (non-hydrogen) atoms. The number of thiocarbonyl (C=S) groups is 1. The summed E-state index contributed by atoms with van der Waals surface area (Å²) in [7, 11) is -3.10. The Morgan fingerprint density at radius 3 is 2.67 bits per heavy atom. The van der Waals surface area contributed by atoms with Gasteiger partial charge in [-0.1, -0.05) is 47.7 Å². The van der Waals surface area contributed by atoms with Crippen molar-refractivity contribution in [2.24, 2.45) is 0 Å². The largest absolute Gasteiger partial charge is 0.351 e. The summed E-state index contributed by atoms with van der Waals surface area (Å²) >= 11 is 12.3. The van der Waals surface area contributed by atoms with Gasteiger partial charge in [-0.2, -0.15) is 0 Å². The van der Waals surface area contributed by atoms with E-state index in [4.69, 9.17) is 23.8 Å². The molecule has 2 atom stereocenters. The Bertz CT molecular complexity index is 928. The highest BCUT2D eigenvalue weighted by atomic mass is 35.5. The number of hydrogen-bond donors (Lipinski definition) is 1. The first kappa shape index (κ1) is 20.3. The van der Waals surface area contributed by atoms with E-state index in [2.05, 4.69) is 5.32 Å². The lowest BCUT2D eigenvalue weighted by atomic mass is 10.2. The van der Waals surface area contributed by atoms with Crippen molar-refractivity contribution in [2.45, 2.75) is 25.4 Å². The molecule has 2 fully saturated rings. The van der Waals surface area contributed by atoms with E-state index in [-0.39, 0.29) is 17.4 Å². The second-order valence-electron chi connectivity index (χ2n) is 6.39. The van der Waals surface area contributed by atoms with Gasteiger partial charge in [-0.25, -0.2) is 8.42 Å². The minimum atomic E-state index is -3.10. The molecule has 1 aromatic carbocycles. The van der Waals surface area contributed by atoms with E-state index in [1.54, 1.807) is 37.3 Å². The number of nitrogens with zero attached hydrogens (tertiary/aromatic N) is 1. The van der Waals surface area contributed by atoms with Crippen molar-refractivity contribution in [1.82, 2.24) is 10.2 Å². The predicted octanol–water partition coefficient (Wildman–Crippen LogP) is 2.23. The van der Waals surface area contributed by atoms with Crippen LogP contribution in [0.4, 0.5) is 0 Å². The molecule has 0 radical (unpaired) electrons. The first-order valence-electron chi connectivity index (χ1n) is 8.20. The number of thioether (sulfide) groups is 1. The molecule has 2 aliphatic heterocycles. The van der Waals surface area contributed by atoms with Gasteiger partial charge in [0.2, 0.25) is 5.91 Å². The van der Waals surface area contributed by atoms with Gasteiger partial charge in [0, 0.05) is 11.1 Å². The lowest BCUT2D eigenvalue weighted by molar-refractivity contribution is -0.132. The van der Waals surface area contributed by atoms with Crippen LogP contribution in [0, 0.1) is 0 Å². The highest BCUT2D eigenvalue weighted by molar-refractivity contribution is 8.26. The van der Waals surface area contributed by atoms with Gasteiger partial charge in [0.05, 0.1) is 16.4 Å². The van der Waals surface area contributed by atoms with E-state index < -0.39 is 27.8 Å². The molecule has 2 aliphatic rings. The summed E-state index contributed by atoms with van der Waals surface area (Å²) in [6, 6.07) is 5.77. The summed E-state index contributed by atoms with van der Waals surface area (Å²) in [4.78, 5) is 26.9. The van der Waals surface area contributed by atoms with E-state index in [1.807, 2.05) is 0 Å². The molecule has 144 valence electrons. The molecule has 1 N–H and O–H groups in total. The first-order chi connectivity index (χ1) is 12.7. The van der Waals surface area contributed by atoms with E-state index in [9.17, 15) is 18.0 Å². The van der Waals surface area contributed by atoms with Crippen molar-refractivity contribution in [1.29, 1.82) is 0 Å². The van der Waals surface area contributed by atoms with Gasteiger partial charge in [-0.05, 0) is 37.1 Å². The van der Waals surface area contributed by atoms with Crippen molar-refractivity contribution < 1.29 is 18.0 Å². The first-order valence-corrected chi connectivity index (χ1v) is 11.6. The molecule has 2 amide bonds. The third-order valence-corrected chi connectivity index (χ3v) is 7.69. The molecule has 0 bridgehead atoms. The summed E-state index contributed by atoms with van der Waals surface area (Å²) in [5.41, 5.74) is 0.799. The Kier molecular flexibility index (Phi) is 5.95. The number of carbonyl (C=O) groups is 2. The van der Waals surface area contributed by atoms with Crippen molar-refractivity contribution in [3.05, 3.63) is 39.8 Å². The maximum Gasteiger partial charge on any atom is 0.266 e. The molecular weight excluding hydrogens is 428 g/mol. The molecule has 0 aliphatic carbocycles. The number of nitrogens with one attached hydrogen (secondary N) is 1. The van der Waals surface area contributed by atoms with Gasteiger partial charge in [-0.3, -0.25) is 14.5 Å². The minimum absolute atomic E-state index is 0.0667. The molecule has 2 saturated heterocycles. The van der Waals surface area contributed by atoms with Gasteiger partial charge in [0.25, 0.3) is 5.91 Å². The fourth-order valence-electron chi connectivity index (χ4n) is 2.87. The standard InChI is InChI=1S/C17H17ClN2O4S3/c1-10(15(21)19-13-6-7-27(23,24)9-13)20-16(22)14(26-17(20)25)8-11-2-4-12(18)5-3-11/h2-5,8,10,13H,6-7,9H2,1H3,(H,19,21)/b14-8-/t10-,13-/m0/s1.